The van der Waals surface area contributed by atoms with Crippen molar-refractivity contribution in [3.05, 3.63) is 53.6 Å². The van der Waals surface area contributed by atoms with Crippen LogP contribution in [0.15, 0.2) is 42.5 Å². The third-order valence-electron chi connectivity index (χ3n) is 2.81. The summed E-state index contributed by atoms with van der Waals surface area (Å²) in [5, 5.41) is 28.1. The molecule has 3 nitrogen and oxygen atoms in total. The number of phenols is 2. The molecular weight excluding hydrogens is 239 g/mol. The Kier molecular flexibility index (Phi) is 3.92. The highest BCUT2D eigenvalue weighted by Crippen LogP contribution is 2.21. The second-order valence-electron chi connectivity index (χ2n) is 4.46. The number of phenolic OH excluding ortho intramolecular Hbond substituents is 2. The lowest BCUT2D eigenvalue weighted by Gasteiger charge is -2.01. The Labute approximate surface area is 112 Å². The lowest BCUT2D eigenvalue weighted by atomic mass is 9.64. The molecule has 4 heteroatoms. The number of hydrogen-bond acceptors (Lipinski definition) is 3. The first kappa shape index (κ1) is 13.2. The highest BCUT2D eigenvalue weighted by atomic mass is 16.3. The highest BCUT2D eigenvalue weighted by Gasteiger charge is 2.04. The van der Waals surface area contributed by atoms with Crippen LogP contribution in [0, 0.1) is 0 Å². The standard InChI is InChI=1S/C15H15BO3/c1-16(19)13-6-4-11(5-7-13)2-3-12-8-14(17)10-15(18)9-12/h2-10,17-19H,1H3/b3-2-. The van der Waals surface area contributed by atoms with Crippen molar-refractivity contribution in [1.82, 2.24) is 0 Å². The summed E-state index contributed by atoms with van der Waals surface area (Å²) in [4.78, 5) is 0. The molecule has 0 saturated heterocycles. The van der Waals surface area contributed by atoms with Gasteiger partial charge in [0.2, 0.25) is 0 Å². The van der Waals surface area contributed by atoms with Crippen LogP contribution < -0.4 is 5.46 Å². The fourth-order valence-electron chi connectivity index (χ4n) is 1.79. The number of rotatable bonds is 3. The maximum Gasteiger partial charge on any atom is 0.320 e. The van der Waals surface area contributed by atoms with Crippen molar-refractivity contribution >= 4 is 24.5 Å². The quantitative estimate of drug-likeness (QED) is 0.580. The summed E-state index contributed by atoms with van der Waals surface area (Å²) < 4.78 is 0. The Hall–Kier alpha value is -2.20. The molecule has 0 heterocycles. The molecule has 2 aromatic carbocycles. The van der Waals surface area contributed by atoms with Crippen LogP contribution in [0.5, 0.6) is 11.5 Å². The van der Waals surface area contributed by atoms with E-state index in [0.717, 1.165) is 16.6 Å². The summed E-state index contributed by atoms with van der Waals surface area (Å²) in [6, 6.07) is 12.0. The minimum Gasteiger partial charge on any atom is -0.508 e. The van der Waals surface area contributed by atoms with Gasteiger partial charge in [0.25, 0.3) is 0 Å². The molecule has 0 fully saturated rings. The Balaban J connectivity index is 2.17. The van der Waals surface area contributed by atoms with Gasteiger partial charge in [-0.2, -0.15) is 0 Å². The average Bonchev–Trinajstić information content (AvgIpc) is 2.36. The maximum absolute atomic E-state index is 9.41. The van der Waals surface area contributed by atoms with Gasteiger partial charge in [0.15, 0.2) is 0 Å². The Morgan fingerprint density at radius 1 is 0.842 bits per heavy atom. The van der Waals surface area contributed by atoms with E-state index >= 15 is 0 Å². The normalized spacial score (nSPS) is 10.8. The van der Waals surface area contributed by atoms with E-state index in [1.165, 1.54) is 6.07 Å². The zero-order valence-electron chi connectivity index (χ0n) is 10.6. The molecule has 0 bridgehead atoms. The van der Waals surface area contributed by atoms with E-state index in [4.69, 9.17) is 0 Å². The van der Waals surface area contributed by atoms with Gasteiger partial charge >= 0.3 is 6.92 Å². The molecule has 3 N–H and O–H groups in total. The molecule has 0 aliphatic rings. The largest absolute Gasteiger partial charge is 0.508 e. The first-order chi connectivity index (χ1) is 9.04. The summed E-state index contributed by atoms with van der Waals surface area (Å²) >= 11 is 0. The number of hydrogen-bond donors (Lipinski definition) is 3. The minimum absolute atomic E-state index is 0.0316. The first-order valence-corrected chi connectivity index (χ1v) is 6.04. The summed E-state index contributed by atoms with van der Waals surface area (Å²) in [7, 11) is 0. The summed E-state index contributed by atoms with van der Waals surface area (Å²) in [5.41, 5.74) is 2.57. The summed E-state index contributed by atoms with van der Waals surface area (Å²) in [5.74, 6) is 0.0632. The molecule has 2 aromatic rings. The van der Waals surface area contributed by atoms with Crippen molar-refractivity contribution in [3.8, 4) is 11.5 Å². The molecule has 0 amide bonds. The number of aromatic hydroxyl groups is 2. The van der Waals surface area contributed by atoms with Crippen molar-refractivity contribution in [1.29, 1.82) is 0 Å². The van der Waals surface area contributed by atoms with Gasteiger partial charge < -0.3 is 15.2 Å². The topological polar surface area (TPSA) is 60.7 Å². The third kappa shape index (κ3) is 3.63. The van der Waals surface area contributed by atoms with E-state index in [1.807, 2.05) is 30.3 Å². The smallest absolute Gasteiger partial charge is 0.320 e. The molecular formula is C15H15BO3. The maximum atomic E-state index is 9.41. The van der Waals surface area contributed by atoms with Crippen molar-refractivity contribution < 1.29 is 15.2 Å². The molecule has 0 atom stereocenters. The molecule has 0 aliphatic heterocycles. The highest BCUT2D eigenvalue weighted by molar-refractivity contribution is 6.64. The predicted molar refractivity (Wildman–Crippen MR) is 78.6 cm³/mol. The van der Waals surface area contributed by atoms with Gasteiger partial charge in [-0.1, -0.05) is 43.2 Å². The van der Waals surface area contributed by atoms with Crippen LogP contribution in [0.4, 0.5) is 0 Å². The zero-order valence-corrected chi connectivity index (χ0v) is 10.6. The molecule has 19 heavy (non-hydrogen) atoms. The Morgan fingerprint density at radius 2 is 1.37 bits per heavy atom. The van der Waals surface area contributed by atoms with Gasteiger partial charge in [0, 0.05) is 6.07 Å². The molecule has 0 aliphatic carbocycles. The van der Waals surface area contributed by atoms with E-state index in [-0.39, 0.29) is 11.5 Å². The zero-order chi connectivity index (χ0) is 13.8. The van der Waals surface area contributed by atoms with Crippen LogP contribution >= 0.6 is 0 Å². The molecule has 0 saturated carbocycles. The fourth-order valence-corrected chi connectivity index (χ4v) is 1.79. The monoisotopic (exact) mass is 254 g/mol. The Morgan fingerprint density at radius 3 is 1.89 bits per heavy atom. The Bertz CT molecular complexity index is 569. The van der Waals surface area contributed by atoms with Gasteiger partial charge in [-0.05, 0) is 28.7 Å². The van der Waals surface area contributed by atoms with Crippen LogP contribution in [0.3, 0.4) is 0 Å². The average molecular weight is 254 g/mol. The van der Waals surface area contributed by atoms with Crippen LogP contribution in [-0.2, 0) is 0 Å². The molecule has 0 radical (unpaired) electrons. The second kappa shape index (κ2) is 5.63. The van der Waals surface area contributed by atoms with Crippen molar-refractivity contribution in [2.24, 2.45) is 0 Å². The van der Waals surface area contributed by atoms with Crippen LogP contribution in [-0.4, -0.2) is 22.2 Å². The van der Waals surface area contributed by atoms with Crippen molar-refractivity contribution in [2.75, 3.05) is 0 Å². The van der Waals surface area contributed by atoms with Crippen LogP contribution in [0.25, 0.3) is 12.2 Å². The molecule has 0 spiro atoms. The molecule has 2 rings (SSSR count). The second-order valence-corrected chi connectivity index (χ2v) is 4.46. The fraction of sp³-hybridized carbons (Fsp3) is 0.0667. The van der Waals surface area contributed by atoms with Gasteiger partial charge in [0.1, 0.15) is 11.5 Å². The van der Waals surface area contributed by atoms with E-state index in [2.05, 4.69) is 0 Å². The van der Waals surface area contributed by atoms with Gasteiger partial charge in [-0.3, -0.25) is 0 Å². The van der Waals surface area contributed by atoms with Gasteiger partial charge in [0.05, 0.1) is 0 Å². The van der Waals surface area contributed by atoms with E-state index < -0.39 is 6.92 Å². The van der Waals surface area contributed by atoms with Crippen molar-refractivity contribution in [2.45, 2.75) is 6.82 Å². The van der Waals surface area contributed by atoms with Crippen LogP contribution in [0.2, 0.25) is 6.82 Å². The summed E-state index contributed by atoms with van der Waals surface area (Å²) in [6.45, 7) is 1.25. The summed E-state index contributed by atoms with van der Waals surface area (Å²) in [6.07, 6.45) is 3.68. The SMILES string of the molecule is CB(O)c1ccc(/C=C\c2cc(O)cc(O)c2)cc1. The lowest BCUT2D eigenvalue weighted by Crippen LogP contribution is -2.25. The third-order valence-corrected chi connectivity index (χ3v) is 2.81. The van der Waals surface area contributed by atoms with Gasteiger partial charge in [-0.15, -0.1) is 0 Å². The van der Waals surface area contributed by atoms with E-state index in [0.29, 0.717) is 0 Å². The first-order valence-electron chi connectivity index (χ1n) is 6.04. The van der Waals surface area contributed by atoms with Gasteiger partial charge in [-0.25, -0.2) is 0 Å². The van der Waals surface area contributed by atoms with Crippen molar-refractivity contribution in [3.63, 3.8) is 0 Å². The predicted octanol–water partition coefficient (Wildman–Crippen LogP) is 2.09. The van der Waals surface area contributed by atoms with E-state index in [9.17, 15) is 15.2 Å². The molecule has 96 valence electrons. The van der Waals surface area contributed by atoms with Crippen LogP contribution in [0.1, 0.15) is 11.1 Å². The number of benzene rings is 2. The molecule has 0 unspecified atom stereocenters. The lowest BCUT2D eigenvalue weighted by molar-refractivity contribution is 0.450. The minimum atomic E-state index is -0.471. The van der Waals surface area contributed by atoms with E-state index in [1.54, 1.807) is 25.0 Å². The molecule has 0 aromatic heterocycles.